The molecule has 4 rings (SSSR count). The van der Waals surface area contributed by atoms with Crippen LogP contribution in [0.1, 0.15) is 18.4 Å². The van der Waals surface area contributed by atoms with Crippen molar-refractivity contribution in [1.82, 2.24) is 9.62 Å². The van der Waals surface area contributed by atoms with Gasteiger partial charge in [-0.2, -0.15) is 4.31 Å². The molecule has 1 heterocycles. The van der Waals surface area contributed by atoms with Crippen molar-refractivity contribution < 1.29 is 17.9 Å². The number of benzene rings is 3. The van der Waals surface area contributed by atoms with Crippen molar-refractivity contribution in [1.29, 1.82) is 0 Å². The van der Waals surface area contributed by atoms with Crippen LogP contribution in [-0.4, -0.2) is 44.4 Å². The summed E-state index contributed by atoms with van der Waals surface area (Å²) in [7, 11) is -3.76. The predicted molar refractivity (Wildman–Crippen MR) is 121 cm³/mol. The molecular formula is C24H26N2O4S. The van der Waals surface area contributed by atoms with Gasteiger partial charge in [-0.1, -0.05) is 48.5 Å². The quantitative estimate of drug-likeness (QED) is 0.573. The highest BCUT2D eigenvalue weighted by atomic mass is 32.2. The number of aryl methyl sites for hydroxylation is 1. The van der Waals surface area contributed by atoms with E-state index in [-0.39, 0.29) is 10.8 Å². The molecule has 0 saturated carbocycles. The molecule has 162 valence electrons. The van der Waals surface area contributed by atoms with E-state index >= 15 is 0 Å². The van der Waals surface area contributed by atoms with Crippen LogP contribution < -0.4 is 10.1 Å². The first-order valence-corrected chi connectivity index (χ1v) is 11.9. The number of ether oxygens (including phenoxy) is 1. The van der Waals surface area contributed by atoms with E-state index in [0.29, 0.717) is 32.5 Å². The van der Waals surface area contributed by atoms with Gasteiger partial charge in [0.15, 0.2) is 0 Å². The lowest BCUT2D eigenvalue weighted by molar-refractivity contribution is -0.124. The normalized spacial score (nSPS) is 17.0. The lowest BCUT2D eigenvalue weighted by atomic mass is 10.1. The van der Waals surface area contributed by atoms with Crippen LogP contribution in [-0.2, 0) is 14.8 Å². The first-order valence-electron chi connectivity index (χ1n) is 10.4. The van der Waals surface area contributed by atoms with Crippen LogP contribution in [0.3, 0.4) is 0 Å². The second-order valence-corrected chi connectivity index (χ2v) is 9.58. The van der Waals surface area contributed by atoms with Gasteiger partial charge in [-0.15, -0.1) is 0 Å². The van der Waals surface area contributed by atoms with Gasteiger partial charge >= 0.3 is 0 Å². The molecule has 1 atom stereocenters. The zero-order valence-corrected chi connectivity index (χ0v) is 18.3. The third-order valence-corrected chi connectivity index (χ3v) is 7.49. The van der Waals surface area contributed by atoms with Crippen molar-refractivity contribution in [2.24, 2.45) is 0 Å². The molecule has 1 saturated heterocycles. The molecule has 6 nitrogen and oxygen atoms in total. The Hall–Kier alpha value is -2.90. The smallest absolute Gasteiger partial charge is 0.243 e. The zero-order chi connectivity index (χ0) is 21.8. The molecule has 0 unspecified atom stereocenters. The fraction of sp³-hybridized carbons (Fsp3) is 0.292. The molecule has 0 aromatic heterocycles. The number of rotatable bonds is 7. The van der Waals surface area contributed by atoms with Crippen LogP contribution >= 0.6 is 0 Å². The standard InChI is InChI=1S/C24H26N2O4S/c1-18-7-2-5-11-23(18)30-16-14-25-24(27)22-10-6-15-26(22)31(28,29)21-13-12-19-8-3-4-9-20(19)17-21/h2-5,7-9,11-13,17,22H,6,10,14-16H2,1H3,(H,25,27)/t22-/m0/s1. The number of hydrogen-bond donors (Lipinski definition) is 1. The first kappa shape index (κ1) is 21.3. The Kier molecular flexibility index (Phi) is 6.25. The number of sulfonamides is 1. The fourth-order valence-corrected chi connectivity index (χ4v) is 5.62. The number of fused-ring (bicyclic) bond motifs is 1. The van der Waals surface area contributed by atoms with Gasteiger partial charge in [0.05, 0.1) is 11.4 Å². The molecule has 1 N–H and O–H groups in total. The zero-order valence-electron chi connectivity index (χ0n) is 17.5. The number of nitrogens with zero attached hydrogens (tertiary/aromatic N) is 1. The topological polar surface area (TPSA) is 75.7 Å². The third kappa shape index (κ3) is 4.57. The predicted octanol–water partition coefficient (Wildman–Crippen LogP) is 3.50. The summed E-state index contributed by atoms with van der Waals surface area (Å²) in [6.45, 7) is 2.93. The maximum atomic E-state index is 13.3. The van der Waals surface area contributed by atoms with Crippen molar-refractivity contribution in [3.05, 3.63) is 72.3 Å². The Morgan fingerprint density at radius 3 is 2.61 bits per heavy atom. The summed E-state index contributed by atoms with van der Waals surface area (Å²) in [6.07, 6.45) is 1.17. The minimum Gasteiger partial charge on any atom is -0.491 e. The highest BCUT2D eigenvalue weighted by molar-refractivity contribution is 7.89. The molecule has 7 heteroatoms. The van der Waals surface area contributed by atoms with Gasteiger partial charge < -0.3 is 10.1 Å². The van der Waals surface area contributed by atoms with Crippen molar-refractivity contribution >= 4 is 26.7 Å². The average molecular weight is 439 g/mol. The van der Waals surface area contributed by atoms with E-state index in [1.165, 1.54) is 4.31 Å². The van der Waals surface area contributed by atoms with Gasteiger partial charge in [0.25, 0.3) is 0 Å². The summed E-state index contributed by atoms with van der Waals surface area (Å²) >= 11 is 0. The number of para-hydroxylation sites is 1. The molecule has 31 heavy (non-hydrogen) atoms. The molecule has 0 spiro atoms. The van der Waals surface area contributed by atoms with Gasteiger partial charge in [-0.25, -0.2) is 8.42 Å². The molecule has 1 amide bonds. The van der Waals surface area contributed by atoms with E-state index in [1.807, 2.05) is 55.5 Å². The van der Waals surface area contributed by atoms with Crippen LogP contribution in [0.5, 0.6) is 5.75 Å². The summed E-state index contributed by atoms with van der Waals surface area (Å²) in [6, 6.07) is 19.7. The summed E-state index contributed by atoms with van der Waals surface area (Å²) in [4.78, 5) is 13.0. The molecule has 0 radical (unpaired) electrons. The Labute approximate surface area is 182 Å². The van der Waals surface area contributed by atoms with Gasteiger partial charge in [-0.3, -0.25) is 4.79 Å². The van der Waals surface area contributed by atoms with Gasteiger partial charge in [0.1, 0.15) is 18.4 Å². The maximum Gasteiger partial charge on any atom is 0.243 e. The number of carbonyl (C=O) groups excluding carboxylic acids is 1. The van der Waals surface area contributed by atoms with Crippen LogP contribution in [0.25, 0.3) is 10.8 Å². The lowest BCUT2D eigenvalue weighted by Crippen LogP contribution is -2.46. The van der Waals surface area contributed by atoms with E-state index in [0.717, 1.165) is 22.1 Å². The molecule has 1 aliphatic rings. The van der Waals surface area contributed by atoms with Crippen LogP contribution in [0.15, 0.2) is 71.6 Å². The largest absolute Gasteiger partial charge is 0.491 e. The summed E-state index contributed by atoms with van der Waals surface area (Å²) < 4.78 is 33.6. The van der Waals surface area contributed by atoms with Crippen molar-refractivity contribution in [3.63, 3.8) is 0 Å². The minimum atomic E-state index is -3.76. The molecule has 1 fully saturated rings. The highest BCUT2D eigenvalue weighted by Crippen LogP contribution is 2.28. The first-order chi connectivity index (χ1) is 15.0. The summed E-state index contributed by atoms with van der Waals surface area (Å²) in [5, 5.41) is 4.66. The van der Waals surface area contributed by atoms with Gasteiger partial charge in [-0.05, 0) is 54.3 Å². The van der Waals surface area contributed by atoms with Crippen molar-refractivity contribution in [3.8, 4) is 5.75 Å². The number of nitrogens with one attached hydrogen (secondary N) is 1. The molecule has 0 bridgehead atoms. The summed E-state index contributed by atoms with van der Waals surface area (Å²) in [5.41, 5.74) is 1.03. The Morgan fingerprint density at radius 2 is 1.81 bits per heavy atom. The Bertz CT molecular complexity index is 1190. The molecule has 0 aliphatic carbocycles. The van der Waals surface area contributed by atoms with E-state index in [2.05, 4.69) is 5.32 Å². The molecule has 3 aromatic rings. The van der Waals surface area contributed by atoms with Crippen LogP contribution in [0, 0.1) is 6.92 Å². The third-order valence-electron chi connectivity index (χ3n) is 5.59. The average Bonchev–Trinajstić information content (AvgIpc) is 3.28. The molecular weight excluding hydrogens is 412 g/mol. The Balaban J connectivity index is 1.41. The monoisotopic (exact) mass is 438 g/mol. The van der Waals surface area contributed by atoms with Crippen LogP contribution in [0.4, 0.5) is 0 Å². The van der Waals surface area contributed by atoms with E-state index in [4.69, 9.17) is 4.74 Å². The SMILES string of the molecule is Cc1ccccc1OCCNC(=O)[C@@H]1CCCN1S(=O)(=O)c1ccc2ccccc2c1. The van der Waals surface area contributed by atoms with Crippen LogP contribution in [0.2, 0.25) is 0 Å². The second-order valence-electron chi connectivity index (χ2n) is 7.69. The maximum absolute atomic E-state index is 13.3. The van der Waals surface area contributed by atoms with Crippen molar-refractivity contribution in [2.45, 2.75) is 30.7 Å². The number of amides is 1. The van der Waals surface area contributed by atoms with E-state index in [9.17, 15) is 13.2 Å². The summed E-state index contributed by atoms with van der Waals surface area (Å²) in [5.74, 6) is 0.494. The minimum absolute atomic E-state index is 0.216. The lowest BCUT2D eigenvalue weighted by Gasteiger charge is -2.23. The number of hydrogen-bond acceptors (Lipinski definition) is 4. The fourth-order valence-electron chi connectivity index (χ4n) is 3.92. The molecule has 1 aliphatic heterocycles. The van der Waals surface area contributed by atoms with Crippen molar-refractivity contribution in [2.75, 3.05) is 19.7 Å². The van der Waals surface area contributed by atoms with Gasteiger partial charge in [0, 0.05) is 6.54 Å². The number of carbonyl (C=O) groups is 1. The molecule has 3 aromatic carbocycles. The van der Waals surface area contributed by atoms with E-state index in [1.54, 1.807) is 18.2 Å². The van der Waals surface area contributed by atoms with Gasteiger partial charge in [0.2, 0.25) is 15.9 Å². The second kappa shape index (κ2) is 9.08. The van der Waals surface area contributed by atoms with E-state index < -0.39 is 16.1 Å². The highest BCUT2D eigenvalue weighted by Gasteiger charge is 2.39. The Morgan fingerprint density at radius 1 is 1.06 bits per heavy atom.